The van der Waals surface area contributed by atoms with E-state index < -0.39 is 24.0 Å². The Labute approximate surface area is 158 Å². The normalized spacial score (nSPS) is 18.6. The molecule has 2 rings (SSSR count). The van der Waals surface area contributed by atoms with Gasteiger partial charge in [-0.2, -0.15) is 0 Å². The minimum absolute atomic E-state index is 0. The fraction of sp³-hybridized carbons (Fsp3) is 0.412. The van der Waals surface area contributed by atoms with E-state index in [0.29, 0.717) is 19.3 Å². The van der Waals surface area contributed by atoms with Crippen molar-refractivity contribution in [1.29, 1.82) is 0 Å². The van der Waals surface area contributed by atoms with Gasteiger partial charge in [-0.25, -0.2) is 9.59 Å². The molecule has 1 aliphatic rings. The van der Waals surface area contributed by atoms with E-state index in [4.69, 9.17) is 14.2 Å². The molecule has 1 aromatic carbocycles. The van der Waals surface area contributed by atoms with Crippen molar-refractivity contribution in [2.75, 3.05) is 14.2 Å². The number of hydrogen-bond donors (Lipinski definition) is 0. The van der Waals surface area contributed by atoms with Crippen LogP contribution < -0.4 is 24.0 Å². The third-order valence-corrected chi connectivity index (χ3v) is 3.79. The van der Waals surface area contributed by atoms with Gasteiger partial charge in [-0.15, -0.1) is 0 Å². The van der Waals surface area contributed by atoms with Crippen LogP contribution in [0.2, 0.25) is 0 Å². The number of amides is 1. The molecule has 0 bridgehead atoms. The number of ether oxygens (including phenoxy) is 3. The first-order valence-electron chi connectivity index (χ1n) is 7.60. The van der Waals surface area contributed by atoms with Crippen molar-refractivity contribution in [1.82, 2.24) is 4.90 Å². The van der Waals surface area contributed by atoms with Gasteiger partial charge in [0.15, 0.2) is 0 Å². The fourth-order valence-corrected chi connectivity index (χ4v) is 2.60. The first-order valence-corrected chi connectivity index (χ1v) is 7.60. The predicted octanol–water partition coefficient (Wildman–Crippen LogP) is -1.47. The smallest absolute Gasteiger partial charge is 0.615 e. The van der Waals surface area contributed by atoms with E-state index >= 15 is 0 Å². The molecule has 0 spiro atoms. The molecule has 1 saturated heterocycles. The van der Waals surface area contributed by atoms with Crippen LogP contribution in [0.25, 0.3) is 0 Å². The second-order valence-electron chi connectivity index (χ2n) is 5.28. The third kappa shape index (κ3) is 5.18. The molecule has 1 aliphatic heterocycles. The van der Waals surface area contributed by atoms with Crippen molar-refractivity contribution in [3.05, 3.63) is 47.5 Å². The maximum absolute atomic E-state index is 12.5. The minimum Gasteiger partial charge on any atom is -0.615 e. The Hall–Kier alpha value is -2.10. The number of nitrogens with zero attached hydrogens (tertiary/aromatic N) is 1. The van der Waals surface area contributed by atoms with Crippen molar-refractivity contribution < 1.29 is 47.8 Å². The number of rotatable bonds is 4. The summed E-state index contributed by atoms with van der Waals surface area (Å²) in [6, 6.07) is 8.24. The van der Waals surface area contributed by atoms with E-state index in [1.807, 2.05) is 30.3 Å². The first-order chi connectivity index (χ1) is 11.6. The average molecular weight is 341 g/mol. The van der Waals surface area contributed by atoms with Crippen molar-refractivity contribution in [3.8, 4) is 0 Å². The largest absolute Gasteiger partial charge is 1.00 e. The summed E-state index contributed by atoms with van der Waals surface area (Å²) in [5, 5.41) is 12.0. The van der Waals surface area contributed by atoms with Gasteiger partial charge in [-0.1, -0.05) is 30.3 Å². The van der Waals surface area contributed by atoms with E-state index in [1.165, 1.54) is 14.2 Å². The Kier molecular flexibility index (Phi) is 8.39. The van der Waals surface area contributed by atoms with E-state index in [0.717, 1.165) is 10.5 Å². The van der Waals surface area contributed by atoms with Gasteiger partial charge in [0.05, 0.1) is 13.1 Å². The van der Waals surface area contributed by atoms with Gasteiger partial charge >= 0.3 is 30.9 Å². The van der Waals surface area contributed by atoms with E-state index in [1.54, 1.807) is 0 Å². The van der Waals surface area contributed by atoms with E-state index in [9.17, 15) is 14.7 Å². The SMILES string of the molecule is COC(=O)C1CCC/C(=C(/[O-])OC)N1C(=O)OCc1ccccc1.[Li+]. The van der Waals surface area contributed by atoms with Crippen LogP contribution in [-0.2, 0) is 25.6 Å². The number of piperidine rings is 1. The Morgan fingerprint density at radius 1 is 1.20 bits per heavy atom. The number of esters is 1. The summed E-state index contributed by atoms with van der Waals surface area (Å²) >= 11 is 0. The van der Waals surface area contributed by atoms with Crippen LogP contribution in [0, 0.1) is 0 Å². The molecular weight excluding hydrogens is 321 g/mol. The summed E-state index contributed by atoms with van der Waals surface area (Å²) in [6.45, 7) is 0.0402. The molecule has 0 radical (unpaired) electrons. The molecule has 0 aliphatic carbocycles. The van der Waals surface area contributed by atoms with Gasteiger partial charge in [0.2, 0.25) is 0 Å². The Morgan fingerprint density at radius 3 is 2.48 bits per heavy atom. The molecule has 130 valence electrons. The molecule has 7 nitrogen and oxygen atoms in total. The van der Waals surface area contributed by atoms with Gasteiger partial charge in [0.25, 0.3) is 0 Å². The summed E-state index contributed by atoms with van der Waals surface area (Å²) in [7, 11) is 2.47. The molecule has 8 heteroatoms. The van der Waals surface area contributed by atoms with Crippen molar-refractivity contribution >= 4 is 12.1 Å². The van der Waals surface area contributed by atoms with Crippen LogP contribution >= 0.6 is 0 Å². The molecule has 1 heterocycles. The summed E-state index contributed by atoms with van der Waals surface area (Å²) in [5.41, 5.74) is 0.911. The predicted molar refractivity (Wildman–Crippen MR) is 82.2 cm³/mol. The minimum atomic E-state index is -0.888. The molecule has 0 aromatic heterocycles. The zero-order chi connectivity index (χ0) is 17.5. The van der Waals surface area contributed by atoms with Crippen LogP contribution in [0.4, 0.5) is 4.79 Å². The fourth-order valence-electron chi connectivity index (χ4n) is 2.60. The quantitative estimate of drug-likeness (QED) is 0.377. The zero-order valence-electron chi connectivity index (χ0n) is 14.7. The molecule has 0 N–H and O–H groups in total. The molecule has 0 saturated carbocycles. The van der Waals surface area contributed by atoms with Crippen molar-refractivity contribution in [2.45, 2.75) is 31.9 Å². The maximum Gasteiger partial charge on any atom is 1.00 e. The Bertz CT molecular complexity index is 619. The number of allylic oxidation sites excluding steroid dienone is 1. The number of benzene rings is 1. The Morgan fingerprint density at radius 2 is 1.88 bits per heavy atom. The second kappa shape index (κ2) is 10.0. The van der Waals surface area contributed by atoms with Crippen LogP contribution in [0.5, 0.6) is 0 Å². The molecule has 1 amide bonds. The van der Waals surface area contributed by atoms with Gasteiger partial charge < -0.3 is 19.3 Å². The van der Waals surface area contributed by atoms with Gasteiger partial charge in [-0.3, -0.25) is 4.90 Å². The zero-order valence-corrected chi connectivity index (χ0v) is 14.7. The van der Waals surface area contributed by atoms with Gasteiger partial charge in [0, 0.05) is 5.70 Å². The standard InChI is InChI=1S/C17H21NO6.Li/c1-22-15(19)13-9-6-10-14(16(20)23-2)18(13)17(21)24-11-12-7-4-3-5-8-12;/h3-5,7-8,13,20H,6,9-11H2,1-2H3;/q;+1/p-1/b16-14+;. The number of likely N-dealkylation sites (tertiary alicyclic amines) is 1. The van der Waals surface area contributed by atoms with Crippen LogP contribution in [-0.4, -0.2) is 37.2 Å². The van der Waals surface area contributed by atoms with Crippen molar-refractivity contribution in [2.24, 2.45) is 0 Å². The van der Waals surface area contributed by atoms with Gasteiger partial charge in [-0.05, 0) is 31.9 Å². The summed E-state index contributed by atoms with van der Waals surface area (Å²) < 4.78 is 14.7. The number of hydrogen-bond acceptors (Lipinski definition) is 6. The Balaban J connectivity index is 0.00000312. The van der Waals surface area contributed by atoms with Crippen LogP contribution in [0.1, 0.15) is 24.8 Å². The number of carbonyl (C=O) groups excluding carboxylic acids is 2. The summed E-state index contributed by atoms with van der Waals surface area (Å²) in [6.07, 6.45) is 0.537. The summed E-state index contributed by atoms with van der Waals surface area (Å²) in [5.74, 6) is -1.24. The maximum atomic E-state index is 12.5. The topological polar surface area (TPSA) is 88.1 Å². The monoisotopic (exact) mass is 341 g/mol. The third-order valence-electron chi connectivity index (χ3n) is 3.79. The van der Waals surface area contributed by atoms with Crippen LogP contribution in [0.3, 0.4) is 0 Å². The number of carbonyl (C=O) groups is 2. The van der Waals surface area contributed by atoms with E-state index in [2.05, 4.69) is 0 Å². The molecule has 25 heavy (non-hydrogen) atoms. The molecule has 1 atom stereocenters. The molecule has 1 fully saturated rings. The number of methoxy groups -OCH3 is 2. The average Bonchev–Trinajstić information content (AvgIpc) is 2.64. The molecule has 1 unspecified atom stereocenters. The molecule has 1 aromatic rings. The van der Waals surface area contributed by atoms with Crippen LogP contribution in [0.15, 0.2) is 42.0 Å². The first kappa shape index (κ1) is 20.9. The second-order valence-corrected chi connectivity index (χ2v) is 5.28. The van der Waals surface area contributed by atoms with E-state index in [-0.39, 0.29) is 31.2 Å². The van der Waals surface area contributed by atoms with Crippen molar-refractivity contribution in [3.63, 3.8) is 0 Å². The molecular formula is C17H20LiNO6. The van der Waals surface area contributed by atoms with Gasteiger partial charge in [0.1, 0.15) is 12.6 Å². The summed E-state index contributed by atoms with van der Waals surface area (Å²) in [4.78, 5) is 25.5.